The average Bonchev–Trinajstić information content (AvgIpc) is 3.36. The molecule has 2 aromatic carbocycles. The number of ether oxygens (including phenoxy) is 2. The maximum absolute atomic E-state index is 13.1. The molecule has 2 unspecified atom stereocenters. The summed E-state index contributed by atoms with van der Waals surface area (Å²) in [6, 6.07) is 18.2. The Morgan fingerprint density at radius 1 is 1.14 bits per heavy atom. The van der Waals surface area contributed by atoms with Gasteiger partial charge in [0.2, 0.25) is 0 Å². The summed E-state index contributed by atoms with van der Waals surface area (Å²) in [5.41, 5.74) is 2.81. The molecule has 2 aromatic heterocycles. The van der Waals surface area contributed by atoms with E-state index in [1.807, 2.05) is 0 Å². The molecule has 35 heavy (non-hydrogen) atoms. The number of nitriles is 1. The van der Waals surface area contributed by atoms with Crippen molar-refractivity contribution in [2.75, 3.05) is 6.26 Å². The summed E-state index contributed by atoms with van der Waals surface area (Å²) in [4.78, 5) is 4.82. The molecule has 0 amide bonds. The van der Waals surface area contributed by atoms with Crippen LogP contribution in [0.3, 0.4) is 0 Å². The zero-order valence-corrected chi connectivity index (χ0v) is 19.2. The lowest BCUT2D eigenvalue weighted by Crippen LogP contribution is -2.09. The van der Waals surface area contributed by atoms with Gasteiger partial charge in [0.25, 0.3) is 0 Å². The van der Waals surface area contributed by atoms with Crippen LogP contribution in [0.4, 0.5) is 8.78 Å². The van der Waals surface area contributed by atoms with Crippen molar-refractivity contribution in [3.05, 3.63) is 89.4 Å². The molecule has 0 saturated heterocycles. The predicted molar refractivity (Wildman–Crippen MR) is 122 cm³/mol. The fourth-order valence-electron chi connectivity index (χ4n) is 4.46. The van der Waals surface area contributed by atoms with E-state index in [0.29, 0.717) is 40.3 Å². The van der Waals surface area contributed by atoms with E-state index >= 15 is 0 Å². The Kier molecular flexibility index (Phi) is 5.65. The molecule has 10 heteroatoms. The zero-order chi connectivity index (χ0) is 24.7. The van der Waals surface area contributed by atoms with Gasteiger partial charge in [0.15, 0.2) is 9.84 Å². The summed E-state index contributed by atoms with van der Waals surface area (Å²) in [6.45, 7) is -2.99. The summed E-state index contributed by atoms with van der Waals surface area (Å²) >= 11 is 0. The number of rotatable bonds is 6. The standard InChI is InChI=1S/C25H19F2N3O4S/c1-35(31,32)17-6-4-5-16(11-17)33-21-12-19(18-7-2-3-8-20(18)34-25(26)27)24-23(21)29-22-10-9-15(13-28)14-30(22)24/h2-11,14,19,21,25H,12H2,1H3. The molecule has 2 atom stereocenters. The second kappa shape index (κ2) is 8.67. The van der Waals surface area contributed by atoms with Crippen molar-refractivity contribution in [1.29, 1.82) is 5.26 Å². The first kappa shape index (κ1) is 22.8. The van der Waals surface area contributed by atoms with Gasteiger partial charge in [-0.1, -0.05) is 24.3 Å². The van der Waals surface area contributed by atoms with Crippen molar-refractivity contribution in [1.82, 2.24) is 9.38 Å². The number of hydrogen-bond acceptors (Lipinski definition) is 6. The lowest BCUT2D eigenvalue weighted by molar-refractivity contribution is -0.0505. The normalized spacial score (nSPS) is 17.3. The molecule has 0 saturated carbocycles. The first-order valence-electron chi connectivity index (χ1n) is 10.7. The van der Waals surface area contributed by atoms with Crippen molar-refractivity contribution in [2.24, 2.45) is 0 Å². The molecule has 7 nitrogen and oxygen atoms in total. The number of benzene rings is 2. The molecule has 1 aliphatic rings. The highest BCUT2D eigenvalue weighted by atomic mass is 32.2. The van der Waals surface area contributed by atoms with Crippen molar-refractivity contribution in [3.8, 4) is 17.6 Å². The Morgan fingerprint density at radius 3 is 2.69 bits per heavy atom. The van der Waals surface area contributed by atoms with E-state index in [0.717, 1.165) is 6.26 Å². The van der Waals surface area contributed by atoms with Gasteiger partial charge in [-0.15, -0.1) is 0 Å². The molecule has 5 rings (SSSR count). The minimum Gasteiger partial charge on any atom is -0.484 e. The quantitative estimate of drug-likeness (QED) is 0.379. The van der Waals surface area contributed by atoms with Gasteiger partial charge in [-0.25, -0.2) is 13.4 Å². The van der Waals surface area contributed by atoms with Crippen molar-refractivity contribution in [3.63, 3.8) is 0 Å². The molecule has 0 aliphatic heterocycles. The van der Waals surface area contributed by atoms with Crippen LogP contribution in [0.25, 0.3) is 5.65 Å². The lowest BCUT2D eigenvalue weighted by atomic mass is 9.95. The zero-order valence-electron chi connectivity index (χ0n) is 18.4. The molecule has 0 radical (unpaired) electrons. The van der Waals surface area contributed by atoms with Crippen molar-refractivity contribution < 1.29 is 26.7 Å². The van der Waals surface area contributed by atoms with Crippen molar-refractivity contribution >= 4 is 15.5 Å². The minimum absolute atomic E-state index is 0.0459. The van der Waals surface area contributed by atoms with Gasteiger partial charge < -0.3 is 13.9 Å². The Hall–Kier alpha value is -3.97. The number of sulfone groups is 1. The van der Waals surface area contributed by atoms with Crippen LogP contribution in [0.5, 0.6) is 11.5 Å². The van der Waals surface area contributed by atoms with E-state index in [2.05, 4.69) is 6.07 Å². The van der Waals surface area contributed by atoms with Gasteiger partial charge in [-0.05, 0) is 36.4 Å². The third-order valence-corrected chi connectivity index (χ3v) is 7.03. The van der Waals surface area contributed by atoms with Crippen LogP contribution in [-0.4, -0.2) is 30.7 Å². The number of alkyl halides is 2. The molecule has 0 spiro atoms. The maximum atomic E-state index is 13.1. The monoisotopic (exact) mass is 495 g/mol. The van der Waals surface area contributed by atoms with Gasteiger partial charge in [0.1, 0.15) is 35.0 Å². The molecular formula is C25H19F2N3O4S. The van der Waals surface area contributed by atoms with Gasteiger partial charge in [-0.3, -0.25) is 0 Å². The second-order valence-electron chi connectivity index (χ2n) is 8.20. The Morgan fingerprint density at radius 2 is 1.94 bits per heavy atom. The van der Waals surface area contributed by atoms with Crippen LogP contribution in [0.15, 0.2) is 71.8 Å². The third-order valence-electron chi connectivity index (χ3n) is 5.92. The van der Waals surface area contributed by atoms with Gasteiger partial charge in [0, 0.05) is 30.4 Å². The van der Waals surface area contributed by atoms with E-state index in [-0.39, 0.29) is 10.6 Å². The lowest BCUT2D eigenvalue weighted by Gasteiger charge is -2.18. The predicted octanol–water partition coefficient (Wildman–Crippen LogP) is 4.87. The molecular weight excluding hydrogens is 476 g/mol. The molecule has 0 N–H and O–H groups in total. The second-order valence-corrected chi connectivity index (χ2v) is 10.2. The van der Waals surface area contributed by atoms with Crippen LogP contribution < -0.4 is 9.47 Å². The van der Waals surface area contributed by atoms with E-state index in [1.54, 1.807) is 53.1 Å². The first-order chi connectivity index (χ1) is 16.7. The smallest absolute Gasteiger partial charge is 0.387 e. The summed E-state index contributed by atoms with van der Waals surface area (Å²) in [5, 5.41) is 9.39. The van der Waals surface area contributed by atoms with Crippen LogP contribution in [-0.2, 0) is 9.84 Å². The fraction of sp³-hybridized carbons (Fsp3) is 0.200. The molecule has 178 valence electrons. The van der Waals surface area contributed by atoms with E-state index in [1.165, 1.54) is 18.2 Å². The number of nitrogens with zero attached hydrogens (tertiary/aromatic N) is 3. The molecule has 0 bridgehead atoms. The Bertz CT molecular complexity index is 1580. The topological polar surface area (TPSA) is 93.7 Å². The number of imidazole rings is 1. The SMILES string of the molecule is CS(=O)(=O)c1cccc(OC2CC(c3ccccc3OC(F)F)c3c2nc2ccc(C#N)cn32)c1. The molecule has 0 fully saturated rings. The van der Waals surface area contributed by atoms with E-state index in [4.69, 9.17) is 14.5 Å². The van der Waals surface area contributed by atoms with Crippen molar-refractivity contribution in [2.45, 2.75) is 29.9 Å². The minimum atomic E-state index is -3.44. The summed E-state index contributed by atoms with van der Waals surface area (Å²) in [5.74, 6) is -0.0343. The maximum Gasteiger partial charge on any atom is 0.387 e. The first-order valence-corrected chi connectivity index (χ1v) is 12.6. The van der Waals surface area contributed by atoms with E-state index < -0.39 is 28.5 Å². The fourth-order valence-corrected chi connectivity index (χ4v) is 5.12. The largest absolute Gasteiger partial charge is 0.484 e. The number of para-hydroxylation sites is 1. The Labute approximate surface area is 200 Å². The highest BCUT2D eigenvalue weighted by Gasteiger charge is 2.39. The summed E-state index contributed by atoms with van der Waals surface area (Å²) < 4.78 is 63.0. The number of pyridine rings is 1. The van der Waals surface area contributed by atoms with Gasteiger partial charge in [0.05, 0.1) is 16.2 Å². The molecule has 1 aliphatic carbocycles. The summed E-state index contributed by atoms with van der Waals surface area (Å²) in [6.07, 6.45) is 2.53. The van der Waals surface area contributed by atoms with Gasteiger partial charge in [-0.2, -0.15) is 14.0 Å². The molecule has 4 aromatic rings. The number of aromatic nitrogens is 2. The van der Waals surface area contributed by atoms with Crippen LogP contribution >= 0.6 is 0 Å². The van der Waals surface area contributed by atoms with E-state index in [9.17, 15) is 22.5 Å². The van der Waals surface area contributed by atoms with Crippen LogP contribution in [0.1, 0.15) is 41.0 Å². The number of fused-ring (bicyclic) bond motifs is 3. The number of hydrogen-bond donors (Lipinski definition) is 0. The highest BCUT2D eigenvalue weighted by Crippen LogP contribution is 2.48. The average molecular weight is 496 g/mol. The number of halogens is 2. The molecule has 2 heterocycles. The van der Waals surface area contributed by atoms with Gasteiger partial charge >= 0.3 is 6.61 Å². The summed E-state index contributed by atoms with van der Waals surface area (Å²) in [7, 11) is -3.44. The Balaban J connectivity index is 1.63. The van der Waals surface area contributed by atoms with Crippen LogP contribution in [0, 0.1) is 11.3 Å². The third kappa shape index (κ3) is 4.31. The van der Waals surface area contributed by atoms with Crippen LogP contribution in [0.2, 0.25) is 0 Å². The highest BCUT2D eigenvalue weighted by molar-refractivity contribution is 7.90.